The van der Waals surface area contributed by atoms with Crippen LogP contribution < -0.4 is 5.32 Å². The highest BCUT2D eigenvalue weighted by Crippen LogP contribution is 2.16. The lowest BCUT2D eigenvalue weighted by atomic mass is 10.1. The van der Waals surface area contributed by atoms with Crippen molar-refractivity contribution in [2.75, 3.05) is 6.61 Å². The first-order valence-electron chi connectivity index (χ1n) is 8.60. The van der Waals surface area contributed by atoms with Crippen LogP contribution in [0.25, 0.3) is 0 Å². The summed E-state index contributed by atoms with van der Waals surface area (Å²) in [6.45, 7) is 8.50. The molecule has 0 fully saturated rings. The van der Waals surface area contributed by atoms with Gasteiger partial charge in [-0.1, -0.05) is 62.4 Å². The molecular formula is C21H26N2O2. The fourth-order valence-corrected chi connectivity index (χ4v) is 2.33. The number of aryl methyl sites for hydroxylation is 1. The van der Waals surface area contributed by atoms with E-state index in [1.54, 1.807) is 6.07 Å². The van der Waals surface area contributed by atoms with E-state index in [2.05, 4.69) is 24.2 Å². The summed E-state index contributed by atoms with van der Waals surface area (Å²) in [5.41, 5.74) is 2.60. The van der Waals surface area contributed by atoms with Crippen molar-refractivity contribution in [2.45, 2.75) is 33.7 Å². The predicted octanol–water partition coefficient (Wildman–Crippen LogP) is 4.51. The first-order chi connectivity index (χ1) is 12.0. The largest absolute Gasteiger partial charge is 0.465 e. The molecule has 0 aliphatic carbocycles. The molecule has 2 aromatic carbocycles. The van der Waals surface area contributed by atoms with Gasteiger partial charge < -0.3 is 4.74 Å². The van der Waals surface area contributed by atoms with Crippen LogP contribution in [0, 0.1) is 12.8 Å². The Morgan fingerprint density at radius 1 is 1.04 bits per heavy atom. The molecule has 0 aromatic heterocycles. The van der Waals surface area contributed by atoms with Crippen molar-refractivity contribution in [3.63, 3.8) is 0 Å². The zero-order chi connectivity index (χ0) is 18.2. The number of nitrogens with one attached hydrogen (secondary N) is 1. The van der Waals surface area contributed by atoms with Gasteiger partial charge in [0.15, 0.2) is 0 Å². The minimum atomic E-state index is -0.208. The number of aliphatic imine (C=N–C) groups is 1. The van der Waals surface area contributed by atoms with Crippen LogP contribution in [0.2, 0.25) is 0 Å². The summed E-state index contributed by atoms with van der Waals surface area (Å²) in [4.78, 5) is 17.1. The zero-order valence-corrected chi connectivity index (χ0v) is 15.3. The molecule has 1 N–H and O–H groups in total. The van der Waals surface area contributed by atoms with E-state index in [-0.39, 0.29) is 18.0 Å². The Hall–Kier alpha value is -2.62. The van der Waals surface area contributed by atoms with Crippen molar-refractivity contribution < 1.29 is 9.53 Å². The highest BCUT2D eigenvalue weighted by Gasteiger charge is 2.14. The van der Waals surface area contributed by atoms with Gasteiger partial charge >= 0.3 is 0 Å². The van der Waals surface area contributed by atoms with Crippen molar-refractivity contribution >= 4 is 11.9 Å². The van der Waals surface area contributed by atoms with E-state index in [4.69, 9.17) is 4.74 Å². The Balaban J connectivity index is 2.19. The number of ether oxygens (including phenoxy) is 1. The van der Waals surface area contributed by atoms with E-state index in [1.807, 2.05) is 62.4 Å². The van der Waals surface area contributed by atoms with E-state index in [9.17, 15) is 4.79 Å². The number of carbonyl (C=O) groups is 1. The Bertz CT molecular complexity index is 724. The highest BCUT2D eigenvalue weighted by atomic mass is 16.5. The van der Waals surface area contributed by atoms with E-state index < -0.39 is 0 Å². The summed E-state index contributed by atoms with van der Waals surface area (Å²) in [6, 6.07) is 17.6. The Morgan fingerprint density at radius 3 is 2.32 bits per heavy atom. The molecule has 0 aliphatic rings. The van der Waals surface area contributed by atoms with E-state index >= 15 is 0 Å². The molecule has 25 heavy (non-hydrogen) atoms. The monoisotopic (exact) mass is 338 g/mol. The van der Waals surface area contributed by atoms with E-state index in [0.717, 1.165) is 11.1 Å². The second kappa shape index (κ2) is 9.02. The standard InChI is InChI=1S/C21H26N2O2/c1-15(2)14-25-21(22-17(4)18-11-6-5-7-12-18)23-20(24)19-13-9-8-10-16(19)3/h5-13,15,17H,14H2,1-4H3,(H,22,23,24)/t17-/m0/s1. The molecule has 132 valence electrons. The second-order valence-corrected chi connectivity index (χ2v) is 6.49. The number of benzene rings is 2. The van der Waals surface area contributed by atoms with Gasteiger partial charge in [-0.25, -0.2) is 4.99 Å². The molecule has 4 heteroatoms. The van der Waals surface area contributed by atoms with Crippen molar-refractivity contribution in [2.24, 2.45) is 10.9 Å². The first-order valence-corrected chi connectivity index (χ1v) is 8.60. The van der Waals surface area contributed by atoms with Crippen LogP contribution in [0.15, 0.2) is 59.6 Å². The van der Waals surface area contributed by atoms with Gasteiger partial charge in [0.1, 0.15) is 0 Å². The van der Waals surface area contributed by atoms with Crippen LogP contribution in [-0.4, -0.2) is 18.5 Å². The smallest absolute Gasteiger partial charge is 0.292 e. The lowest BCUT2D eigenvalue weighted by molar-refractivity contribution is 0.0962. The summed E-state index contributed by atoms with van der Waals surface area (Å²) in [6.07, 6.45) is 0. The Labute approximate surface area is 149 Å². The summed E-state index contributed by atoms with van der Waals surface area (Å²) < 4.78 is 5.75. The van der Waals surface area contributed by atoms with Gasteiger partial charge in [-0.3, -0.25) is 10.1 Å². The SMILES string of the molecule is Cc1ccccc1C(=O)NC(=N[C@@H](C)c1ccccc1)OCC(C)C. The van der Waals surface area contributed by atoms with E-state index in [0.29, 0.717) is 18.1 Å². The van der Waals surface area contributed by atoms with Gasteiger partial charge in [0.25, 0.3) is 11.9 Å². The summed E-state index contributed by atoms with van der Waals surface area (Å²) in [7, 11) is 0. The predicted molar refractivity (Wildman–Crippen MR) is 102 cm³/mol. The topological polar surface area (TPSA) is 50.7 Å². The van der Waals surface area contributed by atoms with Crippen LogP contribution in [0.1, 0.15) is 48.3 Å². The molecular weight excluding hydrogens is 312 g/mol. The molecule has 0 radical (unpaired) electrons. The molecule has 0 spiro atoms. The molecule has 0 unspecified atom stereocenters. The minimum absolute atomic E-state index is 0.111. The molecule has 0 bridgehead atoms. The van der Waals surface area contributed by atoms with Gasteiger partial charge in [-0.05, 0) is 37.0 Å². The molecule has 0 saturated heterocycles. The molecule has 0 heterocycles. The Kier molecular flexibility index (Phi) is 6.75. The number of amidine groups is 1. The van der Waals surface area contributed by atoms with E-state index in [1.165, 1.54) is 0 Å². The van der Waals surface area contributed by atoms with Crippen LogP contribution in [-0.2, 0) is 4.74 Å². The van der Waals surface area contributed by atoms with Gasteiger partial charge in [0.05, 0.1) is 12.6 Å². The van der Waals surface area contributed by atoms with Gasteiger partial charge in [0.2, 0.25) is 0 Å². The molecule has 2 aromatic rings. The fourth-order valence-electron chi connectivity index (χ4n) is 2.33. The van der Waals surface area contributed by atoms with Crippen molar-refractivity contribution in [3.8, 4) is 0 Å². The molecule has 0 saturated carbocycles. The van der Waals surface area contributed by atoms with Gasteiger partial charge in [-0.15, -0.1) is 0 Å². The third-order valence-corrected chi connectivity index (χ3v) is 3.76. The highest BCUT2D eigenvalue weighted by molar-refractivity contribution is 6.05. The molecule has 1 amide bonds. The maximum Gasteiger partial charge on any atom is 0.292 e. The fraction of sp³-hybridized carbons (Fsp3) is 0.333. The lowest BCUT2D eigenvalue weighted by Crippen LogP contribution is -2.34. The molecule has 4 nitrogen and oxygen atoms in total. The van der Waals surface area contributed by atoms with Crippen LogP contribution in [0.4, 0.5) is 0 Å². The second-order valence-electron chi connectivity index (χ2n) is 6.49. The normalized spacial score (nSPS) is 12.8. The van der Waals surface area contributed by atoms with Crippen molar-refractivity contribution in [1.82, 2.24) is 5.32 Å². The number of hydrogen-bond acceptors (Lipinski definition) is 3. The minimum Gasteiger partial charge on any atom is -0.465 e. The number of hydrogen-bond donors (Lipinski definition) is 1. The maximum absolute atomic E-state index is 12.6. The maximum atomic E-state index is 12.6. The van der Waals surface area contributed by atoms with Gasteiger partial charge in [-0.2, -0.15) is 0 Å². The first kappa shape index (κ1) is 18.7. The van der Waals surface area contributed by atoms with Crippen molar-refractivity contribution in [1.29, 1.82) is 0 Å². The number of amides is 1. The summed E-state index contributed by atoms with van der Waals surface area (Å²) in [5, 5.41) is 2.82. The average molecular weight is 338 g/mol. The quantitative estimate of drug-likeness (QED) is 0.644. The number of carbonyl (C=O) groups excluding carboxylic acids is 1. The molecule has 2 rings (SSSR count). The molecule has 1 atom stereocenters. The van der Waals surface area contributed by atoms with Crippen LogP contribution in [0.3, 0.4) is 0 Å². The van der Waals surface area contributed by atoms with Crippen LogP contribution >= 0.6 is 0 Å². The summed E-state index contributed by atoms with van der Waals surface area (Å²) >= 11 is 0. The van der Waals surface area contributed by atoms with Crippen molar-refractivity contribution in [3.05, 3.63) is 71.3 Å². The van der Waals surface area contributed by atoms with Crippen LogP contribution in [0.5, 0.6) is 0 Å². The third kappa shape index (κ3) is 5.75. The molecule has 0 aliphatic heterocycles. The summed E-state index contributed by atoms with van der Waals surface area (Å²) in [5.74, 6) is 0.133. The lowest BCUT2D eigenvalue weighted by Gasteiger charge is -2.15. The zero-order valence-electron chi connectivity index (χ0n) is 15.3. The average Bonchev–Trinajstić information content (AvgIpc) is 2.60. The van der Waals surface area contributed by atoms with Gasteiger partial charge in [0, 0.05) is 5.56 Å². The number of nitrogens with zero attached hydrogens (tertiary/aromatic N) is 1. The number of rotatable bonds is 5. The third-order valence-electron chi connectivity index (χ3n) is 3.76. The Morgan fingerprint density at radius 2 is 1.68 bits per heavy atom.